The zero-order valence-electron chi connectivity index (χ0n) is 15.4. The molecule has 0 radical (unpaired) electrons. The topological polar surface area (TPSA) is 79.9 Å². The lowest BCUT2D eigenvalue weighted by Crippen LogP contribution is -2.34. The molecular weight excluding hydrogens is 346 g/mol. The van der Waals surface area contributed by atoms with Gasteiger partial charge in [0.25, 0.3) is 0 Å². The van der Waals surface area contributed by atoms with Crippen LogP contribution in [-0.4, -0.2) is 39.2 Å². The number of carbonyl (C=O) groups is 2. The lowest BCUT2D eigenvalue weighted by atomic mass is 10.1. The molecule has 0 saturated carbocycles. The summed E-state index contributed by atoms with van der Waals surface area (Å²) >= 11 is 0. The highest BCUT2D eigenvalue weighted by Gasteiger charge is 2.30. The van der Waals surface area contributed by atoms with Gasteiger partial charge in [-0.15, -0.1) is 0 Å². The van der Waals surface area contributed by atoms with E-state index >= 15 is 0 Å². The van der Waals surface area contributed by atoms with Crippen molar-refractivity contribution in [2.75, 3.05) is 37.5 Å². The number of ether oxygens (including phenoxy) is 2. The number of amides is 3. The minimum Gasteiger partial charge on any atom is -0.497 e. The number of nitrogens with one attached hydrogen (secondary N) is 2. The molecule has 0 bridgehead atoms. The summed E-state index contributed by atoms with van der Waals surface area (Å²) in [6.45, 7) is 1.01. The van der Waals surface area contributed by atoms with E-state index in [0.29, 0.717) is 36.7 Å². The standard InChI is InChI=1S/C20H23N3O4/c1-26-16-8-9-17(18(11-16)27-2)22-20(25)21-12-14-10-19(24)23(13-14)15-6-4-3-5-7-15/h3-9,11,14H,10,12-13H2,1-2H3,(H2,21,22,25). The van der Waals surface area contributed by atoms with Crippen LogP contribution in [0.25, 0.3) is 0 Å². The summed E-state index contributed by atoms with van der Waals surface area (Å²) < 4.78 is 10.4. The number of anilines is 2. The SMILES string of the molecule is COc1ccc(NC(=O)NCC2CC(=O)N(c3ccccc3)C2)c(OC)c1. The van der Waals surface area contributed by atoms with Crippen LogP contribution >= 0.6 is 0 Å². The summed E-state index contributed by atoms with van der Waals surface area (Å²) in [5, 5.41) is 5.59. The van der Waals surface area contributed by atoms with Gasteiger partial charge in [0.2, 0.25) is 5.91 Å². The Kier molecular flexibility index (Phi) is 5.80. The first-order valence-electron chi connectivity index (χ1n) is 8.73. The predicted molar refractivity (Wildman–Crippen MR) is 103 cm³/mol. The van der Waals surface area contributed by atoms with E-state index in [0.717, 1.165) is 5.69 Å². The Balaban J connectivity index is 1.53. The van der Waals surface area contributed by atoms with Crippen LogP contribution in [0.5, 0.6) is 11.5 Å². The van der Waals surface area contributed by atoms with Crippen LogP contribution in [-0.2, 0) is 4.79 Å². The fraction of sp³-hybridized carbons (Fsp3) is 0.300. The highest BCUT2D eigenvalue weighted by molar-refractivity contribution is 5.96. The Morgan fingerprint density at radius 1 is 1.15 bits per heavy atom. The lowest BCUT2D eigenvalue weighted by molar-refractivity contribution is -0.117. The third kappa shape index (κ3) is 4.49. The van der Waals surface area contributed by atoms with Crippen molar-refractivity contribution in [1.82, 2.24) is 5.32 Å². The number of hydrogen-bond donors (Lipinski definition) is 2. The predicted octanol–water partition coefficient (Wildman–Crippen LogP) is 2.88. The van der Waals surface area contributed by atoms with E-state index in [1.807, 2.05) is 30.3 Å². The van der Waals surface area contributed by atoms with E-state index in [4.69, 9.17) is 9.47 Å². The molecule has 2 N–H and O–H groups in total. The maximum atomic E-state index is 12.2. The second kappa shape index (κ2) is 8.44. The molecule has 1 aliphatic rings. The first-order valence-corrected chi connectivity index (χ1v) is 8.73. The average Bonchev–Trinajstić information content (AvgIpc) is 3.08. The van der Waals surface area contributed by atoms with Crippen molar-refractivity contribution in [3.8, 4) is 11.5 Å². The van der Waals surface area contributed by atoms with Crippen LogP contribution in [0.4, 0.5) is 16.2 Å². The fourth-order valence-electron chi connectivity index (χ4n) is 3.08. The van der Waals surface area contributed by atoms with Crippen LogP contribution in [0.3, 0.4) is 0 Å². The summed E-state index contributed by atoms with van der Waals surface area (Å²) in [5.41, 5.74) is 1.43. The van der Waals surface area contributed by atoms with Gasteiger partial charge in [-0.05, 0) is 24.3 Å². The van der Waals surface area contributed by atoms with Crippen LogP contribution < -0.4 is 25.0 Å². The van der Waals surface area contributed by atoms with Gasteiger partial charge in [-0.25, -0.2) is 4.79 Å². The molecule has 1 saturated heterocycles. The summed E-state index contributed by atoms with van der Waals surface area (Å²) in [6.07, 6.45) is 0.418. The number of carbonyl (C=O) groups excluding carboxylic acids is 2. The zero-order chi connectivity index (χ0) is 19.2. The number of methoxy groups -OCH3 is 2. The fourth-order valence-corrected chi connectivity index (χ4v) is 3.08. The minimum absolute atomic E-state index is 0.0706. The molecule has 2 aromatic rings. The number of rotatable bonds is 6. The molecule has 142 valence electrons. The monoisotopic (exact) mass is 369 g/mol. The van der Waals surface area contributed by atoms with Gasteiger partial charge in [0.05, 0.1) is 19.9 Å². The molecular formula is C20H23N3O4. The van der Waals surface area contributed by atoms with Crippen LogP contribution in [0.15, 0.2) is 48.5 Å². The second-order valence-electron chi connectivity index (χ2n) is 6.31. The summed E-state index contributed by atoms with van der Waals surface area (Å²) in [5.74, 6) is 1.30. The smallest absolute Gasteiger partial charge is 0.319 e. The van der Waals surface area contributed by atoms with Crippen LogP contribution in [0.2, 0.25) is 0 Å². The molecule has 7 heteroatoms. The quantitative estimate of drug-likeness (QED) is 0.821. The number of hydrogen-bond acceptors (Lipinski definition) is 4. The molecule has 27 heavy (non-hydrogen) atoms. The highest BCUT2D eigenvalue weighted by Crippen LogP contribution is 2.29. The lowest BCUT2D eigenvalue weighted by Gasteiger charge is -2.17. The van der Waals surface area contributed by atoms with Crippen LogP contribution in [0, 0.1) is 5.92 Å². The Bertz CT molecular complexity index is 810. The first-order chi connectivity index (χ1) is 13.1. The van der Waals surface area contributed by atoms with E-state index < -0.39 is 0 Å². The van der Waals surface area contributed by atoms with Crippen molar-refractivity contribution in [3.63, 3.8) is 0 Å². The van der Waals surface area contributed by atoms with E-state index in [1.54, 1.807) is 30.2 Å². The molecule has 1 unspecified atom stereocenters. The molecule has 1 heterocycles. The third-order valence-corrected chi connectivity index (χ3v) is 4.48. The molecule has 0 spiro atoms. The van der Waals surface area contributed by atoms with Gasteiger partial charge in [-0.3, -0.25) is 4.79 Å². The Morgan fingerprint density at radius 2 is 1.93 bits per heavy atom. The Morgan fingerprint density at radius 3 is 2.63 bits per heavy atom. The van der Waals surface area contributed by atoms with E-state index in [2.05, 4.69) is 10.6 Å². The Labute approximate surface area is 158 Å². The van der Waals surface area contributed by atoms with E-state index in [-0.39, 0.29) is 17.9 Å². The van der Waals surface area contributed by atoms with Crippen molar-refractivity contribution in [3.05, 3.63) is 48.5 Å². The summed E-state index contributed by atoms with van der Waals surface area (Å²) in [7, 11) is 3.09. The molecule has 1 fully saturated rings. The largest absolute Gasteiger partial charge is 0.497 e. The van der Waals surface area contributed by atoms with Gasteiger partial charge in [-0.1, -0.05) is 18.2 Å². The molecule has 1 aliphatic heterocycles. The summed E-state index contributed by atoms with van der Waals surface area (Å²) in [4.78, 5) is 26.2. The maximum absolute atomic E-state index is 12.2. The number of para-hydroxylation sites is 1. The molecule has 0 aliphatic carbocycles. The average molecular weight is 369 g/mol. The molecule has 0 aromatic heterocycles. The van der Waals surface area contributed by atoms with Gasteiger partial charge < -0.3 is 25.0 Å². The van der Waals surface area contributed by atoms with Gasteiger partial charge in [0, 0.05) is 37.2 Å². The van der Waals surface area contributed by atoms with Gasteiger partial charge in [0.15, 0.2) is 0 Å². The highest BCUT2D eigenvalue weighted by atomic mass is 16.5. The van der Waals surface area contributed by atoms with Crippen molar-refractivity contribution in [1.29, 1.82) is 0 Å². The van der Waals surface area contributed by atoms with Gasteiger partial charge in [0.1, 0.15) is 11.5 Å². The second-order valence-corrected chi connectivity index (χ2v) is 6.31. The zero-order valence-corrected chi connectivity index (χ0v) is 15.4. The molecule has 3 rings (SSSR count). The van der Waals surface area contributed by atoms with Gasteiger partial charge >= 0.3 is 6.03 Å². The normalized spacial score (nSPS) is 16.1. The number of urea groups is 1. The molecule has 1 atom stereocenters. The Hall–Kier alpha value is -3.22. The van der Waals surface area contributed by atoms with E-state index in [9.17, 15) is 9.59 Å². The molecule has 2 aromatic carbocycles. The summed E-state index contributed by atoms with van der Waals surface area (Å²) in [6, 6.07) is 14.4. The van der Waals surface area contributed by atoms with Crippen molar-refractivity contribution in [2.24, 2.45) is 5.92 Å². The third-order valence-electron chi connectivity index (χ3n) is 4.48. The number of nitrogens with zero attached hydrogens (tertiary/aromatic N) is 1. The van der Waals surface area contributed by atoms with Gasteiger partial charge in [-0.2, -0.15) is 0 Å². The minimum atomic E-state index is -0.343. The van der Waals surface area contributed by atoms with Crippen molar-refractivity contribution >= 4 is 23.3 Å². The van der Waals surface area contributed by atoms with Crippen LogP contribution in [0.1, 0.15) is 6.42 Å². The number of benzene rings is 2. The molecule has 3 amide bonds. The molecule has 7 nitrogen and oxygen atoms in total. The maximum Gasteiger partial charge on any atom is 0.319 e. The van der Waals surface area contributed by atoms with E-state index in [1.165, 1.54) is 7.11 Å². The van der Waals surface area contributed by atoms with Crippen molar-refractivity contribution < 1.29 is 19.1 Å². The first kappa shape index (κ1) is 18.6. The van der Waals surface area contributed by atoms with Crippen molar-refractivity contribution in [2.45, 2.75) is 6.42 Å².